The number of rotatable bonds is 6. The van der Waals surface area contributed by atoms with Crippen molar-refractivity contribution >= 4 is 29.2 Å². The summed E-state index contributed by atoms with van der Waals surface area (Å²) in [5.74, 6) is 0.826. The first-order chi connectivity index (χ1) is 14.3. The van der Waals surface area contributed by atoms with Crippen molar-refractivity contribution in [1.82, 2.24) is 0 Å². The molecule has 1 saturated heterocycles. The van der Waals surface area contributed by atoms with Crippen LogP contribution in [0, 0.1) is 0 Å². The Kier molecular flexibility index (Phi) is 6.45. The first kappa shape index (κ1) is 19.5. The fourth-order valence-electron chi connectivity index (χ4n) is 3.12. The predicted octanol–water partition coefficient (Wildman–Crippen LogP) is 5.51. The third-order valence-corrected chi connectivity index (χ3v) is 5.04. The van der Waals surface area contributed by atoms with Crippen molar-refractivity contribution in [2.75, 3.05) is 31.2 Å². The number of halogens is 1. The second kappa shape index (κ2) is 9.59. The maximum Gasteiger partial charge on any atom is 0.119 e. The Bertz CT molecular complexity index is 932. The summed E-state index contributed by atoms with van der Waals surface area (Å²) in [4.78, 5) is 6.91. The Balaban J connectivity index is 1.32. The number of anilines is 1. The van der Waals surface area contributed by atoms with E-state index in [2.05, 4.69) is 22.0 Å². The van der Waals surface area contributed by atoms with Crippen molar-refractivity contribution in [2.45, 2.75) is 6.61 Å². The molecule has 0 aromatic heterocycles. The van der Waals surface area contributed by atoms with Crippen molar-refractivity contribution in [1.29, 1.82) is 0 Å². The molecule has 5 heteroatoms. The van der Waals surface area contributed by atoms with Crippen LogP contribution in [-0.2, 0) is 11.3 Å². The van der Waals surface area contributed by atoms with Crippen LogP contribution in [0.3, 0.4) is 0 Å². The van der Waals surface area contributed by atoms with E-state index in [0.29, 0.717) is 6.61 Å². The van der Waals surface area contributed by atoms with E-state index in [0.717, 1.165) is 53.9 Å². The molecule has 0 unspecified atom stereocenters. The van der Waals surface area contributed by atoms with E-state index in [9.17, 15) is 0 Å². The minimum absolute atomic E-state index is 0.514. The third kappa shape index (κ3) is 5.59. The van der Waals surface area contributed by atoms with Gasteiger partial charge in [0, 0.05) is 30.0 Å². The maximum absolute atomic E-state index is 5.90. The molecule has 1 aliphatic heterocycles. The van der Waals surface area contributed by atoms with Crippen LogP contribution in [0.15, 0.2) is 77.8 Å². The van der Waals surface area contributed by atoms with Gasteiger partial charge in [-0.05, 0) is 71.8 Å². The molecule has 29 heavy (non-hydrogen) atoms. The summed E-state index contributed by atoms with van der Waals surface area (Å²) >= 11 is 5.90. The standard InChI is InChI=1S/C24H23ClN2O2/c25-21-5-1-20(2-6-21)18-29-24-11-3-19(4-12-24)17-26-22-7-9-23(10-8-22)27-13-15-28-16-14-27/h1-12,17H,13-16,18H2. The van der Waals surface area contributed by atoms with Crippen LogP contribution < -0.4 is 9.64 Å². The fraction of sp³-hybridized carbons (Fsp3) is 0.208. The lowest BCUT2D eigenvalue weighted by Gasteiger charge is -2.28. The van der Waals surface area contributed by atoms with Gasteiger partial charge in [-0.2, -0.15) is 0 Å². The van der Waals surface area contributed by atoms with Crippen molar-refractivity contribution in [2.24, 2.45) is 4.99 Å². The quantitative estimate of drug-likeness (QED) is 0.506. The highest BCUT2D eigenvalue weighted by atomic mass is 35.5. The lowest BCUT2D eigenvalue weighted by atomic mass is 10.2. The number of hydrogen-bond acceptors (Lipinski definition) is 4. The molecule has 0 N–H and O–H groups in total. The molecule has 0 aliphatic carbocycles. The van der Waals surface area contributed by atoms with E-state index in [1.165, 1.54) is 5.69 Å². The van der Waals surface area contributed by atoms with Gasteiger partial charge in [0.05, 0.1) is 18.9 Å². The van der Waals surface area contributed by atoms with Crippen LogP contribution in [0.1, 0.15) is 11.1 Å². The average molecular weight is 407 g/mol. The molecular formula is C24H23ClN2O2. The van der Waals surface area contributed by atoms with Crippen LogP contribution in [0.2, 0.25) is 5.02 Å². The molecule has 0 amide bonds. The number of hydrogen-bond donors (Lipinski definition) is 0. The number of nitrogens with zero attached hydrogens (tertiary/aromatic N) is 2. The summed E-state index contributed by atoms with van der Waals surface area (Å²) in [6.45, 7) is 3.98. The van der Waals surface area contributed by atoms with Crippen LogP contribution in [0.5, 0.6) is 5.75 Å². The molecule has 0 bridgehead atoms. The number of ether oxygens (including phenoxy) is 2. The Morgan fingerprint density at radius 2 is 1.59 bits per heavy atom. The molecule has 1 heterocycles. The Morgan fingerprint density at radius 1 is 0.897 bits per heavy atom. The first-order valence-electron chi connectivity index (χ1n) is 9.70. The lowest BCUT2D eigenvalue weighted by molar-refractivity contribution is 0.122. The summed E-state index contributed by atoms with van der Waals surface area (Å²) in [7, 11) is 0. The number of aliphatic imine (C=N–C) groups is 1. The predicted molar refractivity (Wildman–Crippen MR) is 119 cm³/mol. The van der Waals surface area contributed by atoms with E-state index in [-0.39, 0.29) is 0 Å². The summed E-state index contributed by atoms with van der Waals surface area (Å²) in [6.07, 6.45) is 1.87. The average Bonchev–Trinajstić information content (AvgIpc) is 2.79. The minimum atomic E-state index is 0.514. The SMILES string of the molecule is Clc1ccc(COc2ccc(C=Nc3ccc(N4CCOCC4)cc3)cc2)cc1. The van der Waals surface area contributed by atoms with Crippen LogP contribution in [0.4, 0.5) is 11.4 Å². The van der Waals surface area contributed by atoms with Crippen molar-refractivity contribution < 1.29 is 9.47 Å². The Labute approximate surface area is 176 Å². The molecule has 0 radical (unpaired) electrons. The lowest BCUT2D eigenvalue weighted by Crippen LogP contribution is -2.36. The van der Waals surface area contributed by atoms with Gasteiger partial charge in [-0.3, -0.25) is 4.99 Å². The molecular weight excluding hydrogens is 384 g/mol. The summed E-state index contributed by atoms with van der Waals surface area (Å²) in [5, 5.41) is 0.730. The summed E-state index contributed by atoms with van der Waals surface area (Å²) in [5.41, 5.74) is 4.26. The van der Waals surface area contributed by atoms with E-state index in [1.54, 1.807) is 0 Å². The third-order valence-electron chi connectivity index (χ3n) is 4.79. The van der Waals surface area contributed by atoms with Gasteiger partial charge in [0.2, 0.25) is 0 Å². The second-order valence-electron chi connectivity index (χ2n) is 6.86. The Morgan fingerprint density at radius 3 is 2.28 bits per heavy atom. The number of benzene rings is 3. The Hall–Kier alpha value is -2.82. The van der Waals surface area contributed by atoms with E-state index in [4.69, 9.17) is 21.1 Å². The van der Waals surface area contributed by atoms with Crippen LogP contribution in [-0.4, -0.2) is 32.5 Å². The largest absolute Gasteiger partial charge is 0.489 e. The van der Waals surface area contributed by atoms with Crippen molar-refractivity contribution in [3.63, 3.8) is 0 Å². The highest BCUT2D eigenvalue weighted by Gasteiger charge is 2.10. The van der Waals surface area contributed by atoms with E-state index < -0.39 is 0 Å². The molecule has 1 aliphatic rings. The first-order valence-corrected chi connectivity index (χ1v) is 10.1. The molecule has 3 aromatic carbocycles. The number of morpholine rings is 1. The molecule has 1 fully saturated rings. The minimum Gasteiger partial charge on any atom is -0.489 e. The molecule has 0 saturated carbocycles. The van der Waals surface area contributed by atoms with Gasteiger partial charge in [-0.25, -0.2) is 0 Å². The highest BCUT2D eigenvalue weighted by Crippen LogP contribution is 2.21. The zero-order valence-corrected chi connectivity index (χ0v) is 16.9. The van der Waals surface area contributed by atoms with Gasteiger partial charge < -0.3 is 14.4 Å². The van der Waals surface area contributed by atoms with Gasteiger partial charge >= 0.3 is 0 Å². The molecule has 3 aromatic rings. The topological polar surface area (TPSA) is 34.1 Å². The fourth-order valence-corrected chi connectivity index (χ4v) is 3.24. The molecule has 0 spiro atoms. The zero-order valence-electron chi connectivity index (χ0n) is 16.1. The molecule has 4 nitrogen and oxygen atoms in total. The smallest absolute Gasteiger partial charge is 0.119 e. The molecule has 0 atom stereocenters. The van der Waals surface area contributed by atoms with Gasteiger partial charge in [0.25, 0.3) is 0 Å². The van der Waals surface area contributed by atoms with Gasteiger partial charge in [0.15, 0.2) is 0 Å². The van der Waals surface area contributed by atoms with Crippen LogP contribution >= 0.6 is 11.6 Å². The van der Waals surface area contributed by atoms with Crippen molar-refractivity contribution in [3.05, 3.63) is 88.9 Å². The van der Waals surface area contributed by atoms with Gasteiger partial charge in [0.1, 0.15) is 12.4 Å². The summed E-state index contributed by atoms with van der Waals surface area (Å²) < 4.78 is 11.2. The summed E-state index contributed by atoms with van der Waals surface area (Å²) in [6, 6.07) is 23.9. The van der Waals surface area contributed by atoms with Gasteiger partial charge in [-0.15, -0.1) is 0 Å². The molecule has 148 valence electrons. The second-order valence-corrected chi connectivity index (χ2v) is 7.29. The van der Waals surface area contributed by atoms with E-state index in [1.807, 2.05) is 66.9 Å². The monoisotopic (exact) mass is 406 g/mol. The maximum atomic E-state index is 5.90. The molecule has 4 rings (SSSR count). The van der Waals surface area contributed by atoms with Crippen LogP contribution in [0.25, 0.3) is 0 Å². The van der Waals surface area contributed by atoms with Gasteiger partial charge in [-0.1, -0.05) is 23.7 Å². The van der Waals surface area contributed by atoms with E-state index >= 15 is 0 Å². The normalized spacial score (nSPS) is 14.3. The zero-order chi connectivity index (χ0) is 19.9. The van der Waals surface area contributed by atoms with Crippen molar-refractivity contribution in [3.8, 4) is 5.75 Å². The highest BCUT2D eigenvalue weighted by molar-refractivity contribution is 6.30.